The van der Waals surface area contributed by atoms with Crippen molar-refractivity contribution >= 4 is 11.9 Å². The number of aliphatic carboxylic acids is 1. The number of carbonyl (C=O) groups is 2. The fraction of sp³-hybridized carbons (Fsp3) is 0.943. The number of amides is 1. The lowest BCUT2D eigenvalue weighted by molar-refractivity contribution is -0.404. The molecule has 5 aliphatic heterocycles. The predicted octanol–water partition coefficient (Wildman–Crippen LogP) is -12.6. The molecule has 5 fully saturated rings. The van der Waals surface area contributed by atoms with E-state index in [0.717, 1.165) is 6.92 Å². The van der Waals surface area contributed by atoms with Crippen LogP contribution in [0.1, 0.15) is 13.3 Å². The highest BCUT2D eigenvalue weighted by atomic mass is 16.8. The standard InChI is InChI=1S/C35H59NO29/c1-8(42)36-15-20(49)18(47)11(4-38)58-31(15)63-29-24(53)33(61-25-13(6-40)57-30(54)22(51)21(25)50)60-14(7-41)26(29)62-32-23(52)28(19(48)12(5-39)59-32)65-35(34(55)56)2-9(43)16(45)27(64-35)17(46)10(44)3-37/h9-33,37-41,43-54H,2-7H2,1H3,(H,36,42)(H,55,56)/t9-,10+,11+,12+,13+,14+,15+,16+,17+,18+,19-,20+,21+,22+,23+,24+,25+,26-,27+,28-,29+,30?,31-,32-,33-,35-/m0/s1. The van der Waals surface area contributed by atoms with Gasteiger partial charge in [0.25, 0.3) is 5.79 Å². The van der Waals surface area contributed by atoms with Crippen molar-refractivity contribution in [1.29, 1.82) is 0 Å². The molecule has 0 radical (unpaired) electrons. The molecular weight excluding hydrogens is 898 g/mol. The average molecular weight is 958 g/mol. The van der Waals surface area contributed by atoms with E-state index in [4.69, 9.17) is 42.6 Å². The fourth-order valence-corrected chi connectivity index (χ4v) is 8.10. The van der Waals surface area contributed by atoms with Crippen LogP contribution in [0.2, 0.25) is 0 Å². The van der Waals surface area contributed by atoms with Gasteiger partial charge in [0, 0.05) is 13.3 Å². The molecule has 0 saturated carbocycles. The third-order valence-corrected chi connectivity index (χ3v) is 11.7. The van der Waals surface area contributed by atoms with Gasteiger partial charge in [0.1, 0.15) is 122 Å². The zero-order valence-electron chi connectivity index (χ0n) is 34.2. The Morgan fingerprint density at radius 2 is 1.11 bits per heavy atom. The molecular formula is C35H59NO29. The maximum Gasteiger partial charge on any atom is 0.364 e. The van der Waals surface area contributed by atoms with Gasteiger partial charge < -0.3 is 140 Å². The summed E-state index contributed by atoms with van der Waals surface area (Å²) in [7, 11) is 0. The number of nitrogens with one attached hydrogen (secondary N) is 1. The summed E-state index contributed by atoms with van der Waals surface area (Å²) in [5.41, 5.74) is 0. The number of carboxylic acid groups (broad SMARTS) is 1. The van der Waals surface area contributed by atoms with Gasteiger partial charge in [0.05, 0.1) is 39.1 Å². The lowest BCUT2D eigenvalue weighted by atomic mass is 9.90. The van der Waals surface area contributed by atoms with Gasteiger partial charge in [0.2, 0.25) is 5.91 Å². The lowest BCUT2D eigenvalue weighted by Crippen LogP contribution is -2.70. The monoisotopic (exact) mass is 957 g/mol. The summed E-state index contributed by atoms with van der Waals surface area (Å²) in [5, 5.41) is 192. The second kappa shape index (κ2) is 22.5. The summed E-state index contributed by atoms with van der Waals surface area (Å²) in [6, 6.07) is -1.72. The van der Waals surface area contributed by atoms with Crippen LogP contribution in [0.15, 0.2) is 0 Å². The molecule has 30 nitrogen and oxygen atoms in total. The van der Waals surface area contributed by atoms with Gasteiger partial charge in [-0.3, -0.25) is 4.79 Å². The van der Waals surface area contributed by atoms with E-state index in [9.17, 15) is 102 Å². The lowest BCUT2D eigenvalue weighted by Gasteiger charge is -2.51. The third-order valence-electron chi connectivity index (χ3n) is 11.7. The molecule has 1 amide bonds. The molecule has 0 aromatic carbocycles. The smallest absolute Gasteiger partial charge is 0.364 e. The van der Waals surface area contributed by atoms with Crippen LogP contribution in [-0.4, -0.2) is 296 Å². The molecule has 19 N–H and O–H groups in total. The molecule has 26 atom stereocenters. The summed E-state index contributed by atoms with van der Waals surface area (Å²) in [4.78, 5) is 25.0. The van der Waals surface area contributed by atoms with Crippen molar-refractivity contribution in [2.45, 2.75) is 172 Å². The van der Waals surface area contributed by atoms with E-state index in [1.807, 2.05) is 0 Å². The van der Waals surface area contributed by atoms with E-state index in [2.05, 4.69) is 5.32 Å². The second-order valence-electron chi connectivity index (χ2n) is 16.1. The van der Waals surface area contributed by atoms with Crippen LogP contribution in [-0.2, 0) is 52.2 Å². The van der Waals surface area contributed by atoms with Gasteiger partial charge in [-0.05, 0) is 0 Å². The molecule has 65 heavy (non-hydrogen) atoms. The Morgan fingerprint density at radius 1 is 0.600 bits per heavy atom. The van der Waals surface area contributed by atoms with Crippen LogP contribution in [0.3, 0.4) is 0 Å². The minimum Gasteiger partial charge on any atom is -0.477 e. The van der Waals surface area contributed by atoms with E-state index in [1.54, 1.807) is 0 Å². The van der Waals surface area contributed by atoms with Gasteiger partial charge in [-0.25, -0.2) is 4.79 Å². The average Bonchev–Trinajstić information content (AvgIpc) is 3.27. The number of hydrogen-bond acceptors (Lipinski definition) is 28. The van der Waals surface area contributed by atoms with E-state index in [1.165, 1.54) is 0 Å². The molecule has 5 heterocycles. The van der Waals surface area contributed by atoms with E-state index in [0.29, 0.717) is 0 Å². The Kier molecular flexibility index (Phi) is 18.7. The predicted molar refractivity (Wildman–Crippen MR) is 195 cm³/mol. The number of ether oxygens (including phenoxy) is 9. The Bertz CT molecular complexity index is 1540. The summed E-state index contributed by atoms with van der Waals surface area (Å²) in [5.74, 6) is -6.14. The van der Waals surface area contributed by atoms with Gasteiger partial charge >= 0.3 is 5.97 Å². The van der Waals surface area contributed by atoms with Gasteiger partial charge in [-0.1, -0.05) is 0 Å². The Hall–Kier alpha value is -2.10. The minimum absolute atomic E-state index is 0.829. The molecule has 0 spiro atoms. The first-order valence-electron chi connectivity index (χ1n) is 20.2. The largest absolute Gasteiger partial charge is 0.477 e. The Morgan fingerprint density at radius 3 is 1.66 bits per heavy atom. The molecule has 378 valence electrons. The maximum absolute atomic E-state index is 12.8. The molecule has 30 heteroatoms. The second-order valence-corrected chi connectivity index (χ2v) is 16.1. The number of carbonyl (C=O) groups excluding carboxylic acids is 1. The number of aliphatic hydroxyl groups excluding tert-OH is 17. The highest BCUT2D eigenvalue weighted by Gasteiger charge is 2.61. The SMILES string of the molecule is CC(=O)N[C@H]1[C@H](O[C@@H]2[C@@H](O)[C@H](O[C@H]3[C@H](O)[C@@H](O)C(O)O[C@@H]3CO)O[C@H](CO)[C@@H]2O[C@@H]2O[C@H](CO)[C@H](O)[C@H](O[C@]3(C(=O)O)C[C@H](O)[C@@H](O)[C@H]([C@H](O)[C@H](O)CO)O3)[C@H]2O)O[C@H](CO)[C@@H](O)[C@@H]1O. The number of carboxylic acids is 1. The van der Waals surface area contributed by atoms with Crippen LogP contribution < -0.4 is 5.32 Å². The van der Waals surface area contributed by atoms with Crippen molar-refractivity contribution in [3.8, 4) is 0 Å². The van der Waals surface area contributed by atoms with Crippen LogP contribution in [0.25, 0.3) is 0 Å². The molecule has 1 unspecified atom stereocenters. The Labute approximate surface area is 366 Å². The number of rotatable bonds is 17. The van der Waals surface area contributed by atoms with Crippen molar-refractivity contribution in [3.05, 3.63) is 0 Å². The van der Waals surface area contributed by atoms with E-state index < -0.39 is 210 Å². The summed E-state index contributed by atoms with van der Waals surface area (Å²) in [6.45, 7) is -4.35. The highest BCUT2D eigenvalue weighted by molar-refractivity contribution is 5.76. The Balaban J connectivity index is 1.52. The summed E-state index contributed by atoms with van der Waals surface area (Å²) in [6.07, 6.45) is -50.6. The van der Waals surface area contributed by atoms with Crippen LogP contribution in [0.4, 0.5) is 0 Å². The molecule has 0 aromatic rings. The van der Waals surface area contributed by atoms with Gasteiger partial charge in [-0.2, -0.15) is 0 Å². The van der Waals surface area contributed by atoms with Crippen molar-refractivity contribution in [1.82, 2.24) is 5.32 Å². The topological polar surface area (TPSA) is 493 Å². The number of aliphatic hydroxyl groups is 17. The highest BCUT2D eigenvalue weighted by Crippen LogP contribution is 2.40. The molecule has 0 bridgehead atoms. The molecule has 0 aliphatic carbocycles. The summed E-state index contributed by atoms with van der Waals surface area (Å²) < 4.78 is 50.8. The third kappa shape index (κ3) is 11.2. The zero-order valence-corrected chi connectivity index (χ0v) is 34.2. The van der Waals surface area contributed by atoms with Crippen molar-refractivity contribution in [2.75, 3.05) is 33.0 Å². The zero-order chi connectivity index (χ0) is 48.4. The number of hydrogen-bond donors (Lipinski definition) is 19. The molecule has 5 aliphatic rings. The van der Waals surface area contributed by atoms with Crippen LogP contribution in [0.5, 0.6) is 0 Å². The summed E-state index contributed by atoms with van der Waals surface area (Å²) >= 11 is 0. The molecule has 5 saturated heterocycles. The van der Waals surface area contributed by atoms with Crippen molar-refractivity contribution in [2.24, 2.45) is 0 Å². The minimum atomic E-state index is -3.21. The molecule has 0 aromatic heterocycles. The maximum atomic E-state index is 12.8. The van der Waals surface area contributed by atoms with Crippen molar-refractivity contribution < 1.29 is 144 Å². The van der Waals surface area contributed by atoms with Crippen LogP contribution in [0, 0.1) is 0 Å². The first kappa shape index (κ1) is 53.8. The van der Waals surface area contributed by atoms with Crippen LogP contribution >= 0.6 is 0 Å². The van der Waals surface area contributed by atoms with Gasteiger partial charge in [-0.15, -0.1) is 0 Å². The normalized spacial score (nSPS) is 48.3. The first-order valence-corrected chi connectivity index (χ1v) is 20.2. The fourth-order valence-electron chi connectivity index (χ4n) is 8.10. The first-order chi connectivity index (χ1) is 30.6. The van der Waals surface area contributed by atoms with E-state index in [-0.39, 0.29) is 0 Å². The molecule has 5 rings (SSSR count). The van der Waals surface area contributed by atoms with Crippen molar-refractivity contribution in [3.63, 3.8) is 0 Å². The quantitative estimate of drug-likeness (QED) is 0.0643. The van der Waals surface area contributed by atoms with Gasteiger partial charge in [0.15, 0.2) is 25.2 Å². The van der Waals surface area contributed by atoms with E-state index >= 15 is 0 Å².